The Labute approximate surface area is 110 Å². The predicted molar refractivity (Wildman–Crippen MR) is 65.1 cm³/mol. The van der Waals surface area contributed by atoms with Gasteiger partial charge in [-0.2, -0.15) is 4.98 Å². The van der Waals surface area contributed by atoms with Crippen LogP contribution in [0.25, 0.3) is 0 Å². The molecule has 1 atom stereocenters. The van der Waals surface area contributed by atoms with Gasteiger partial charge in [-0.25, -0.2) is 9.59 Å². The summed E-state index contributed by atoms with van der Waals surface area (Å²) in [4.78, 5) is 28.2. The number of anilines is 1. The van der Waals surface area contributed by atoms with Crippen LogP contribution in [0.4, 0.5) is 6.01 Å². The molecule has 1 fully saturated rings. The third-order valence-corrected chi connectivity index (χ3v) is 3.01. The van der Waals surface area contributed by atoms with E-state index >= 15 is 0 Å². The summed E-state index contributed by atoms with van der Waals surface area (Å²) in [6.45, 7) is 2.51. The summed E-state index contributed by atoms with van der Waals surface area (Å²) in [7, 11) is 0. The number of hydrogen-bond acceptors (Lipinski definition) is 6. The smallest absolute Gasteiger partial charge is 0.360 e. The number of aliphatic carboxylic acids is 1. The van der Waals surface area contributed by atoms with Crippen molar-refractivity contribution in [2.75, 3.05) is 18.1 Å². The van der Waals surface area contributed by atoms with Gasteiger partial charge < -0.3 is 19.2 Å². The normalized spacial score (nSPS) is 19.2. The van der Waals surface area contributed by atoms with Crippen LogP contribution in [0, 0.1) is 0 Å². The molecule has 2 heterocycles. The fraction of sp³-hybridized carbons (Fsp3) is 0.583. The minimum atomic E-state index is -0.907. The highest BCUT2D eigenvalue weighted by Gasteiger charge is 2.32. The van der Waals surface area contributed by atoms with Gasteiger partial charge in [0.1, 0.15) is 12.3 Å². The van der Waals surface area contributed by atoms with Gasteiger partial charge in [0.15, 0.2) is 5.69 Å². The second kappa shape index (κ2) is 5.73. The van der Waals surface area contributed by atoms with Crippen LogP contribution >= 0.6 is 0 Å². The van der Waals surface area contributed by atoms with Crippen LogP contribution in [0.1, 0.15) is 36.7 Å². The molecule has 7 heteroatoms. The number of carboxylic acid groups (broad SMARTS) is 1. The fourth-order valence-corrected chi connectivity index (χ4v) is 2.11. The van der Waals surface area contributed by atoms with Crippen molar-refractivity contribution in [3.63, 3.8) is 0 Å². The van der Waals surface area contributed by atoms with E-state index in [9.17, 15) is 9.59 Å². The quantitative estimate of drug-likeness (QED) is 0.822. The summed E-state index contributed by atoms with van der Waals surface area (Å²) >= 11 is 0. The van der Waals surface area contributed by atoms with Gasteiger partial charge >= 0.3 is 11.9 Å². The van der Waals surface area contributed by atoms with E-state index < -0.39 is 18.0 Å². The van der Waals surface area contributed by atoms with Crippen LogP contribution in [0.2, 0.25) is 0 Å². The predicted octanol–water partition coefficient (Wildman–Crippen LogP) is 1.29. The number of esters is 1. The molecular formula is C12H16N2O5. The van der Waals surface area contributed by atoms with E-state index in [4.69, 9.17) is 14.3 Å². The molecule has 0 aromatic carbocycles. The van der Waals surface area contributed by atoms with E-state index in [2.05, 4.69) is 4.98 Å². The van der Waals surface area contributed by atoms with Gasteiger partial charge in [0.05, 0.1) is 6.61 Å². The van der Waals surface area contributed by atoms with Crippen molar-refractivity contribution >= 4 is 18.0 Å². The standard InChI is InChI=1S/C12H16N2O5/c1-2-18-11(17)8-7-19-12(13-8)14-6-4-3-5-9(14)10(15)16/h7,9H,2-6H2,1H3,(H,15,16). The fourth-order valence-electron chi connectivity index (χ4n) is 2.11. The van der Waals surface area contributed by atoms with Crippen LogP contribution in [0.15, 0.2) is 10.7 Å². The average Bonchev–Trinajstić information content (AvgIpc) is 2.88. The number of aromatic nitrogens is 1. The Morgan fingerprint density at radius 3 is 3.05 bits per heavy atom. The van der Waals surface area contributed by atoms with E-state index in [0.29, 0.717) is 13.0 Å². The van der Waals surface area contributed by atoms with Crippen molar-refractivity contribution < 1.29 is 23.8 Å². The molecule has 1 aliphatic heterocycles. The Balaban J connectivity index is 2.16. The Morgan fingerprint density at radius 2 is 2.37 bits per heavy atom. The van der Waals surface area contributed by atoms with Gasteiger partial charge in [-0.05, 0) is 26.2 Å². The van der Waals surface area contributed by atoms with E-state index in [1.54, 1.807) is 11.8 Å². The maximum atomic E-state index is 11.5. The molecule has 1 aromatic heterocycles. The number of oxazole rings is 1. The molecule has 104 valence electrons. The van der Waals surface area contributed by atoms with Gasteiger partial charge in [0.25, 0.3) is 6.01 Å². The number of nitrogens with zero attached hydrogens (tertiary/aromatic N) is 2. The van der Waals surface area contributed by atoms with Crippen LogP contribution in [-0.4, -0.2) is 41.2 Å². The lowest BCUT2D eigenvalue weighted by Gasteiger charge is -2.31. The number of carbonyl (C=O) groups excluding carboxylic acids is 1. The van der Waals surface area contributed by atoms with Crippen molar-refractivity contribution in [3.05, 3.63) is 12.0 Å². The van der Waals surface area contributed by atoms with E-state index in [0.717, 1.165) is 12.8 Å². The Bertz CT molecular complexity index is 470. The Hall–Kier alpha value is -2.05. The first-order valence-corrected chi connectivity index (χ1v) is 6.25. The van der Waals surface area contributed by atoms with Crippen LogP contribution < -0.4 is 4.90 Å². The minimum absolute atomic E-state index is 0.0616. The van der Waals surface area contributed by atoms with Crippen LogP contribution in [-0.2, 0) is 9.53 Å². The summed E-state index contributed by atoms with van der Waals surface area (Å²) in [5.74, 6) is -1.48. The van der Waals surface area contributed by atoms with Gasteiger partial charge in [0.2, 0.25) is 0 Å². The molecule has 0 spiro atoms. The van der Waals surface area contributed by atoms with Gasteiger partial charge in [-0.15, -0.1) is 0 Å². The molecule has 0 bridgehead atoms. The molecule has 2 rings (SSSR count). The largest absolute Gasteiger partial charge is 0.480 e. The maximum Gasteiger partial charge on any atom is 0.360 e. The molecule has 19 heavy (non-hydrogen) atoms. The summed E-state index contributed by atoms with van der Waals surface area (Å²) in [5.41, 5.74) is 0.0616. The molecule has 1 aromatic rings. The third-order valence-electron chi connectivity index (χ3n) is 3.01. The first-order chi connectivity index (χ1) is 9.13. The number of carbonyl (C=O) groups is 2. The first kappa shape index (κ1) is 13.4. The lowest BCUT2D eigenvalue weighted by molar-refractivity contribution is -0.139. The van der Waals surface area contributed by atoms with Gasteiger partial charge in [0, 0.05) is 6.54 Å². The zero-order valence-electron chi connectivity index (χ0n) is 10.7. The minimum Gasteiger partial charge on any atom is -0.480 e. The van der Waals surface area contributed by atoms with E-state index in [1.807, 2.05) is 0 Å². The number of carboxylic acids is 1. The second-order valence-electron chi connectivity index (χ2n) is 4.28. The molecule has 1 unspecified atom stereocenters. The van der Waals surface area contributed by atoms with E-state index in [-0.39, 0.29) is 18.3 Å². The van der Waals surface area contributed by atoms with Gasteiger partial charge in [-0.1, -0.05) is 0 Å². The number of ether oxygens (including phenoxy) is 1. The van der Waals surface area contributed by atoms with Crippen LogP contribution in [0.3, 0.4) is 0 Å². The molecule has 0 radical (unpaired) electrons. The van der Waals surface area contributed by atoms with E-state index in [1.165, 1.54) is 6.26 Å². The molecule has 7 nitrogen and oxygen atoms in total. The lowest BCUT2D eigenvalue weighted by Crippen LogP contribution is -2.45. The monoisotopic (exact) mass is 268 g/mol. The van der Waals surface area contributed by atoms with Crippen molar-refractivity contribution in [1.29, 1.82) is 0 Å². The summed E-state index contributed by atoms with van der Waals surface area (Å²) in [6.07, 6.45) is 3.48. The maximum absolute atomic E-state index is 11.5. The highest BCUT2D eigenvalue weighted by Crippen LogP contribution is 2.24. The zero-order valence-corrected chi connectivity index (χ0v) is 10.7. The Morgan fingerprint density at radius 1 is 1.58 bits per heavy atom. The highest BCUT2D eigenvalue weighted by atomic mass is 16.5. The second-order valence-corrected chi connectivity index (χ2v) is 4.28. The summed E-state index contributed by atoms with van der Waals surface area (Å²) in [5, 5.41) is 9.17. The van der Waals surface area contributed by atoms with Gasteiger partial charge in [-0.3, -0.25) is 0 Å². The molecule has 0 saturated carbocycles. The molecule has 0 aliphatic carbocycles. The lowest BCUT2D eigenvalue weighted by atomic mass is 10.0. The number of hydrogen-bond donors (Lipinski definition) is 1. The first-order valence-electron chi connectivity index (χ1n) is 6.25. The highest BCUT2D eigenvalue weighted by molar-refractivity contribution is 5.87. The number of piperidine rings is 1. The Kier molecular flexibility index (Phi) is 4.03. The van der Waals surface area contributed by atoms with Crippen molar-refractivity contribution in [3.8, 4) is 0 Å². The molecule has 1 saturated heterocycles. The topological polar surface area (TPSA) is 92.9 Å². The molecule has 1 N–H and O–H groups in total. The molecule has 1 aliphatic rings. The average molecular weight is 268 g/mol. The van der Waals surface area contributed by atoms with Crippen molar-refractivity contribution in [2.24, 2.45) is 0 Å². The molecule has 0 amide bonds. The summed E-state index contributed by atoms with van der Waals surface area (Å²) in [6, 6.07) is -0.488. The molecular weight excluding hydrogens is 252 g/mol. The number of rotatable bonds is 4. The third kappa shape index (κ3) is 2.86. The SMILES string of the molecule is CCOC(=O)c1coc(N2CCCCC2C(=O)O)n1. The van der Waals surface area contributed by atoms with Crippen LogP contribution in [0.5, 0.6) is 0 Å². The zero-order chi connectivity index (χ0) is 13.8. The van der Waals surface area contributed by atoms with Crippen molar-refractivity contribution in [1.82, 2.24) is 4.98 Å². The summed E-state index contributed by atoms with van der Waals surface area (Å²) < 4.78 is 10.0. The van der Waals surface area contributed by atoms with Crippen molar-refractivity contribution in [2.45, 2.75) is 32.2 Å².